The van der Waals surface area contributed by atoms with E-state index in [1.54, 1.807) is 0 Å². The van der Waals surface area contributed by atoms with Crippen LogP contribution in [-0.4, -0.2) is 18.6 Å². The molecule has 4 atom stereocenters. The summed E-state index contributed by atoms with van der Waals surface area (Å²) in [5, 5.41) is 3.55. The molecule has 4 unspecified atom stereocenters. The molecular formula is C36H36N2O3. The first kappa shape index (κ1) is 25.7. The highest BCUT2D eigenvalue weighted by molar-refractivity contribution is 5.97. The van der Waals surface area contributed by atoms with Crippen molar-refractivity contribution in [3.63, 3.8) is 0 Å². The zero-order chi connectivity index (χ0) is 28.3. The van der Waals surface area contributed by atoms with E-state index < -0.39 is 5.60 Å². The van der Waals surface area contributed by atoms with Crippen LogP contribution in [0.5, 0.6) is 11.5 Å². The molecule has 3 aliphatic rings. The summed E-state index contributed by atoms with van der Waals surface area (Å²) in [5.41, 5.74) is 6.16. The van der Waals surface area contributed by atoms with Crippen LogP contribution in [0.25, 0.3) is 0 Å². The fourth-order valence-corrected chi connectivity index (χ4v) is 7.13. The van der Waals surface area contributed by atoms with Crippen molar-refractivity contribution in [2.45, 2.75) is 52.2 Å². The number of hydrogen-bond acceptors (Lipinski definition) is 5. The summed E-state index contributed by atoms with van der Waals surface area (Å²) in [6.07, 6.45) is 2.44. The molecule has 3 heterocycles. The zero-order valence-electron chi connectivity index (χ0n) is 24.1. The number of carbonyl (C=O) groups is 1. The number of nitrogens with one attached hydrogen (secondary N) is 1. The summed E-state index contributed by atoms with van der Waals surface area (Å²) in [6.45, 7) is 10.1. The maximum Gasteiger partial charge on any atom is 0.340 e. The third-order valence-corrected chi connectivity index (χ3v) is 9.51. The van der Waals surface area contributed by atoms with Crippen LogP contribution in [0.15, 0.2) is 84.9 Å². The Hall–Kier alpha value is -4.25. The number of nitrogens with zero attached hydrogens (tertiary/aromatic N) is 1. The Morgan fingerprint density at radius 2 is 1.66 bits per heavy atom. The van der Waals surface area contributed by atoms with Gasteiger partial charge in [-0.2, -0.15) is 0 Å². The minimum atomic E-state index is -1.09. The molecule has 4 aromatic carbocycles. The Kier molecular flexibility index (Phi) is 6.07. The number of benzene rings is 4. The first-order valence-corrected chi connectivity index (χ1v) is 14.8. The third kappa shape index (κ3) is 3.93. The summed E-state index contributed by atoms with van der Waals surface area (Å²) in [4.78, 5) is 15.9. The molecule has 0 saturated carbocycles. The molecule has 3 aliphatic heterocycles. The number of rotatable bonds is 5. The highest BCUT2D eigenvalue weighted by Crippen LogP contribution is 2.57. The van der Waals surface area contributed by atoms with Gasteiger partial charge >= 0.3 is 5.97 Å². The van der Waals surface area contributed by atoms with Crippen LogP contribution >= 0.6 is 0 Å². The van der Waals surface area contributed by atoms with E-state index in [2.05, 4.69) is 68.2 Å². The smallest absolute Gasteiger partial charge is 0.340 e. The summed E-state index contributed by atoms with van der Waals surface area (Å²) in [6, 6.07) is 28.9. The molecule has 1 N–H and O–H groups in total. The van der Waals surface area contributed by atoms with Crippen LogP contribution in [0.1, 0.15) is 66.2 Å². The van der Waals surface area contributed by atoms with Crippen molar-refractivity contribution >= 4 is 23.0 Å². The van der Waals surface area contributed by atoms with Crippen molar-refractivity contribution in [3.8, 4) is 11.5 Å². The van der Waals surface area contributed by atoms with Gasteiger partial charge in [-0.05, 0) is 80.1 Å². The van der Waals surface area contributed by atoms with Crippen molar-refractivity contribution in [2.75, 3.05) is 16.8 Å². The van der Waals surface area contributed by atoms with Gasteiger partial charge in [-0.15, -0.1) is 0 Å². The van der Waals surface area contributed by atoms with Gasteiger partial charge in [-0.3, -0.25) is 0 Å². The van der Waals surface area contributed by atoms with Crippen LogP contribution in [0.4, 0.5) is 17.1 Å². The molecule has 5 heteroatoms. The molecular weight excluding hydrogens is 508 g/mol. The van der Waals surface area contributed by atoms with E-state index in [0.717, 1.165) is 51.6 Å². The van der Waals surface area contributed by atoms with Gasteiger partial charge < -0.3 is 19.7 Å². The van der Waals surface area contributed by atoms with E-state index in [1.165, 1.54) is 12.8 Å². The normalized spacial score (nSPS) is 24.0. The summed E-state index contributed by atoms with van der Waals surface area (Å²) < 4.78 is 13.1. The summed E-state index contributed by atoms with van der Waals surface area (Å²) in [7, 11) is 0. The minimum absolute atomic E-state index is 0.314. The first-order valence-electron chi connectivity index (χ1n) is 14.8. The fraction of sp³-hybridized carbons (Fsp3) is 0.306. The second kappa shape index (κ2) is 9.69. The van der Waals surface area contributed by atoms with E-state index in [-0.39, 0.29) is 5.97 Å². The number of hydrogen-bond donors (Lipinski definition) is 1. The average molecular weight is 545 g/mol. The number of para-hydroxylation sites is 1. The maximum absolute atomic E-state index is 13.4. The Labute approximate surface area is 242 Å². The van der Waals surface area contributed by atoms with E-state index in [1.807, 2.05) is 54.6 Å². The minimum Gasteiger partial charge on any atom is -0.456 e. The van der Waals surface area contributed by atoms with Crippen molar-refractivity contribution < 1.29 is 14.3 Å². The van der Waals surface area contributed by atoms with Gasteiger partial charge in [0.2, 0.25) is 0 Å². The largest absolute Gasteiger partial charge is 0.456 e. The number of carbonyl (C=O) groups excluding carboxylic acids is 1. The second-order valence-electron chi connectivity index (χ2n) is 11.9. The topological polar surface area (TPSA) is 50.8 Å². The van der Waals surface area contributed by atoms with Crippen molar-refractivity contribution in [1.82, 2.24) is 0 Å². The van der Waals surface area contributed by atoms with Gasteiger partial charge in [0.05, 0.1) is 5.56 Å². The molecule has 1 spiro atoms. The quantitative estimate of drug-likeness (QED) is 0.255. The lowest BCUT2D eigenvalue weighted by Crippen LogP contribution is -2.34. The van der Waals surface area contributed by atoms with Crippen LogP contribution in [0.3, 0.4) is 0 Å². The predicted octanol–water partition coefficient (Wildman–Crippen LogP) is 8.57. The van der Waals surface area contributed by atoms with Gasteiger partial charge in [-0.25, -0.2) is 4.79 Å². The second-order valence-corrected chi connectivity index (χ2v) is 11.9. The highest BCUT2D eigenvalue weighted by atomic mass is 16.6. The number of anilines is 3. The summed E-state index contributed by atoms with van der Waals surface area (Å²) in [5.74, 6) is 2.44. The first-order chi connectivity index (χ1) is 19.9. The lowest BCUT2D eigenvalue weighted by molar-refractivity contribution is 0.0224. The van der Waals surface area contributed by atoms with Gasteiger partial charge in [0.15, 0.2) is 5.60 Å². The molecule has 1 fully saturated rings. The van der Waals surface area contributed by atoms with Crippen molar-refractivity contribution in [1.29, 1.82) is 0 Å². The highest BCUT2D eigenvalue weighted by Gasteiger charge is 2.54. The number of esters is 1. The van der Waals surface area contributed by atoms with Gasteiger partial charge in [0.25, 0.3) is 0 Å². The maximum atomic E-state index is 13.4. The van der Waals surface area contributed by atoms with E-state index in [0.29, 0.717) is 29.2 Å². The van der Waals surface area contributed by atoms with Gasteiger partial charge in [0, 0.05) is 52.4 Å². The Morgan fingerprint density at radius 1 is 0.902 bits per heavy atom. The molecule has 5 nitrogen and oxygen atoms in total. The molecule has 0 aliphatic carbocycles. The Bertz CT molecular complexity index is 1650. The molecule has 0 amide bonds. The van der Waals surface area contributed by atoms with E-state index >= 15 is 0 Å². The lowest BCUT2D eigenvalue weighted by Gasteiger charge is -2.38. The Morgan fingerprint density at radius 3 is 2.46 bits per heavy atom. The van der Waals surface area contributed by atoms with Crippen LogP contribution in [0, 0.1) is 18.8 Å². The lowest BCUT2D eigenvalue weighted by atomic mass is 9.77. The molecule has 0 aromatic heterocycles. The van der Waals surface area contributed by atoms with E-state index in [9.17, 15) is 4.79 Å². The molecule has 0 radical (unpaired) electrons. The van der Waals surface area contributed by atoms with Gasteiger partial charge in [0.1, 0.15) is 11.5 Å². The zero-order valence-corrected chi connectivity index (χ0v) is 24.1. The van der Waals surface area contributed by atoms with Gasteiger partial charge in [-0.1, -0.05) is 56.7 Å². The molecule has 7 rings (SSSR count). The molecule has 208 valence electrons. The molecule has 4 aromatic rings. The SMILES string of the molecule is CCCC1CN(c2ccc3c(c2)Oc2cc(C)c(Nc4ccccc4)cc2C32OC(=O)c3ccccc32)C(C)C1C. The van der Waals surface area contributed by atoms with Crippen molar-refractivity contribution in [2.24, 2.45) is 11.8 Å². The number of fused-ring (bicyclic) bond motifs is 6. The summed E-state index contributed by atoms with van der Waals surface area (Å²) >= 11 is 0. The Balaban J connectivity index is 1.38. The van der Waals surface area contributed by atoms with Crippen LogP contribution in [-0.2, 0) is 10.3 Å². The molecule has 0 bridgehead atoms. The number of aryl methyl sites for hydroxylation is 1. The standard InChI is InChI=1S/C36H36N2O3/c1-5-11-25-21-38(24(4)23(25)3)27-16-17-30-34(19-27)40-33-18-22(2)32(37-26-12-7-6-8-13-26)20-31(33)36(30)29-15-10-9-14-28(29)35(39)41-36/h6-10,12-20,23-25,37H,5,11,21H2,1-4H3. The average Bonchev–Trinajstić information content (AvgIpc) is 3.43. The fourth-order valence-electron chi connectivity index (χ4n) is 7.13. The third-order valence-electron chi connectivity index (χ3n) is 9.51. The monoisotopic (exact) mass is 544 g/mol. The van der Waals surface area contributed by atoms with Crippen LogP contribution in [0.2, 0.25) is 0 Å². The molecule has 1 saturated heterocycles. The number of ether oxygens (including phenoxy) is 2. The van der Waals surface area contributed by atoms with E-state index in [4.69, 9.17) is 9.47 Å². The van der Waals surface area contributed by atoms with Crippen LogP contribution < -0.4 is 15.0 Å². The predicted molar refractivity (Wildman–Crippen MR) is 164 cm³/mol. The molecule has 41 heavy (non-hydrogen) atoms. The van der Waals surface area contributed by atoms with Crippen molar-refractivity contribution in [3.05, 3.63) is 113 Å².